The van der Waals surface area contributed by atoms with Crippen LogP contribution in [-0.2, 0) is 4.79 Å². The zero-order valence-electron chi connectivity index (χ0n) is 4.68. The maximum Gasteiger partial charge on any atom is 1.00 e. The fraction of sp³-hybridized carbons (Fsp3) is 0.667. The molecule has 0 aromatic heterocycles. The second-order valence-electron chi connectivity index (χ2n) is 1.03. The van der Waals surface area contributed by atoms with E-state index in [4.69, 9.17) is 5.21 Å². The summed E-state index contributed by atoms with van der Waals surface area (Å²) in [6.07, 6.45) is -0.156. The van der Waals surface area contributed by atoms with Gasteiger partial charge in [0, 0.05) is 18.9 Å². The van der Waals surface area contributed by atoms with Crippen LogP contribution in [0.3, 0.4) is 0 Å². The molecule has 0 amide bonds. The van der Waals surface area contributed by atoms with Gasteiger partial charge in [0.05, 0.1) is 0 Å². The van der Waals surface area contributed by atoms with Crippen LogP contribution >= 0.6 is 0 Å². The van der Waals surface area contributed by atoms with Crippen LogP contribution in [0.2, 0.25) is 0 Å². The van der Waals surface area contributed by atoms with E-state index in [0.717, 1.165) is 0 Å². The molecule has 0 aromatic rings. The first-order chi connectivity index (χ1) is 3.27. The molecule has 0 atom stereocenters. The van der Waals surface area contributed by atoms with Gasteiger partial charge in [0.2, 0.25) is 0 Å². The Bertz CT molecular complexity index is 67.5. The van der Waals surface area contributed by atoms with Crippen LogP contribution in [0, 0.1) is 0 Å². The molecule has 0 spiro atoms. The standard InChI is InChI=1S/C3H7NO3.Na/c5-3(6)1-2-4-7;/h4,7H,1-2H2,(H,5,6);/q;+1/p-1. The number of hydroxylamine groups is 1. The van der Waals surface area contributed by atoms with Gasteiger partial charge >= 0.3 is 29.6 Å². The van der Waals surface area contributed by atoms with E-state index in [2.05, 4.69) is 0 Å². The Morgan fingerprint density at radius 1 is 1.75 bits per heavy atom. The SMILES string of the molecule is O=C([O-])CCNO.[Na+]. The Balaban J connectivity index is 0. The van der Waals surface area contributed by atoms with Crippen LogP contribution in [0.5, 0.6) is 0 Å². The second kappa shape index (κ2) is 7.39. The second-order valence-corrected chi connectivity index (χ2v) is 1.03. The number of aliphatic carboxylic acids is 1. The zero-order chi connectivity index (χ0) is 5.70. The summed E-state index contributed by atoms with van der Waals surface area (Å²) < 4.78 is 0. The molecule has 5 heteroatoms. The molecule has 0 bridgehead atoms. The topological polar surface area (TPSA) is 72.4 Å². The first kappa shape index (κ1) is 11.2. The molecule has 0 aromatic carbocycles. The third-order valence-corrected chi connectivity index (χ3v) is 0.441. The predicted octanol–water partition coefficient (Wildman–Crippen LogP) is -4.89. The number of carboxylic acids is 1. The molecular weight excluding hydrogens is 121 g/mol. The van der Waals surface area contributed by atoms with Crippen molar-refractivity contribution in [3.05, 3.63) is 0 Å². The number of rotatable bonds is 3. The fourth-order valence-electron chi connectivity index (χ4n) is 0.158. The monoisotopic (exact) mass is 127 g/mol. The van der Waals surface area contributed by atoms with E-state index in [1.54, 1.807) is 5.48 Å². The molecule has 42 valence electrons. The summed E-state index contributed by atoms with van der Waals surface area (Å²) in [6, 6.07) is 0. The van der Waals surface area contributed by atoms with Gasteiger partial charge in [-0.15, -0.1) is 0 Å². The third-order valence-electron chi connectivity index (χ3n) is 0.441. The van der Waals surface area contributed by atoms with Gasteiger partial charge in [-0.2, -0.15) is 0 Å². The third kappa shape index (κ3) is 9.63. The molecule has 8 heavy (non-hydrogen) atoms. The first-order valence-corrected chi connectivity index (χ1v) is 1.84. The molecule has 2 N–H and O–H groups in total. The molecule has 0 rings (SSSR count). The largest absolute Gasteiger partial charge is 1.00 e. The van der Waals surface area contributed by atoms with Crippen molar-refractivity contribution in [2.45, 2.75) is 6.42 Å². The van der Waals surface area contributed by atoms with Crippen LogP contribution in [0.15, 0.2) is 0 Å². The van der Waals surface area contributed by atoms with E-state index in [1.165, 1.54) is 0 Å². The van der Waals surface area contributed by atoms with Gasteiger partial charge in [-0.3, -0.25) is 0 Å². The number of carbonyl (C=O) groups excluding carboxylic acids is 1. The fourth-order valence-corrected chi connectivity index (χ4v) is 0.158. The van der Waals surface area contributed by atoms with E-state index < -0.39 is 5.97 Å². The molecule has 0 aliphatic heterocycles. The van der Waals surface area contributed by atoms with Gasteiger partial charge in [-0.25, -0.2) is 5.48 Å². The van der Waals surface area contributed by atoms with E-state index in [-0.39, 0.29) is 42.5 Å². The van der Waals surface area contributed by atoms with Gasteiger partial charge in [0.1, 0.15) is 0 Å². The zero-order valence-corrected chi connectivity index (χ0v) is 6.68. The Hall–Kier alpha value is 0.390. The first-order valence-electron chi connectivity index (χ1n) is 1.84. The molecule has 0 aliphatic rings. The van der Waals surface area contributed by atoms with Crippen molar-refractivity contribution in [3.8, 4) is 0 Å². The molecule has 0 heterocycles. The average Bonchev–Trinajstić information content (AvgIpc) is 1.61. The maximum absolute atomic E-state index is 9.50. The van der Waals surface area contributed by atoms with Crippen LogP contribution in [0.1, 0.15) is 6.42 Å². The van der Waals surface area contributed by atoms with Gasteiger partial charge < -0.3 is 15.1 Å². The van der Waals surface area contributed by atoms with Gasteiger partial charge in [-0.05, 0) is 0 Å². The Morgan fingerprint density at radius 3 is 2.38 bits per heavy atom. The summed E-state index contributed by atoms with van der Waals surface area (Å²) in [7, 11) is 0. The van der Waals surface area contributed by atoms with Crippen molar-refractivity contribution in [2.24, 2.45) is 0 Å². The molecule has 0 unspecified atom stereocenters. The van der Waals surface area contributed by atoms with Crippen LogP contribution in [-0.4, -0.2) is 17.7 Å². The summed E-state index contributed by atoms with van der Waals surface area (Å²) in [6.45, 7) is 0.0440. The Kier molecular flexibility index (Phi) is 10.4. The Morgan fingerprint density at radius 2 is 2.25 bits per heavy atom. The van der Waals surface area contributed by atoms with Crippen molar-refractivity contribution >= 4 is 5.97 Å². The van der Waals surface area contributed by atoms with Crippen molar-refractivity contribution in [3.63, 3.8) is 0 Å². The number of hydrogen-bond acceptors (Lipinski definition) is 4. The number of carbonyl (C=O) groups is 1. The number of carboxylic acid groups (broad SMARTS) is 1. The predicted molar refractivity (Wildman–Crippen MR) is 19.4 cm³/mol. The van der Waals surface area contributed by atoms with Crippen LogP contribution in [0.4, 0.5) is 0 Å². The van der Waals surface area contributed by atoms with Gasteiger partial charge in [0.15, 0.2) is 0 Å². The summed E-state index contributed by atoms with van der Waals surface area (Å²) in [5.74, 6) is -1.17. The normalized spacial score (nSPS) is 7.62. The van der Waals surface area contributed by atoms with E-state index in [9.17, 15) is 9.90 Å². The average molecular weight is 127 g/mol. The van der Waals surface area contributed by atoms with E-state index in [0.29, 0.717) is 0 Å². The smallest absolute Gasteiger partial charge is 0.550 e. The van der Waals surface area contributed by atoms with E-state index >= 15 is 0 Å². The Labute approximate surface area is 69.1 Å². The molecule has 4 nitrogen and oxygen atoms in total. The minimum atomic E-state index is -1.17. The molecule has 0 saturated carbocycles. The van der Waals surface area contributed by atoms with Crippen molar-refractivity contribution in [1.29, 1.82) is 0 Å². The maximum atomic E-state index is 9.50. The van der Waals surface area contributed by atoms with E-state index in [1.807, 2.05) is 0 Å². The van der Waals surface area contributed by atoms with Crippen molar-refractivity contribution < 1.29 is 44.7 Å². The number of nitrogens with one attached hydrogen (secondary N) is 1. The van der Waals surface area contributed by atoms with Crippen molar-refractivity contribution in [1.82, 2.24) is 5.48 Å². The van der Waals surface area contributed by atoms with Crippen LogP contribution in [0.25, 0.3) is 0 Å². The van der Waals surface area contributed by atoms with Gasteiger partial charge in [-0.1, -0.05) is 0 Å². The molecule has 0 aliphatic carbocycles. The quantitative estimate of drug-likeness (QED) is 0.294. The van der Waals surface area contributed by atoms with Crippen LogP contribution < -0.4 is 40.1 Å². The molecular formula is C3H6NNaO3. The van der Waals surface area contributed by atoms with Gasteiger partial charge in [0.25, 0.3) is 0 Å². The summed E-state index contributed by atoms with van der Waals surface area (Å²) >= 11 is 0. The molecule has 0 fully saturated rings. The summed E-state index contributed by atoms with van der Waals surface area (Å²) in [5.41, 5.74) is 1.68. The summed E-state index contributed by atoms with van der Waals surface area (Å²) in [4.78, 5) is 9.50. The minimum Gasteiger partial charge on any atom is -0.550 e. The number of hydrogen-bond donors (Lipinski definition) is 2. The summed E-state index contributed by atoms with van der Waals surface area (Å²) in [5, 5.41) is 17.3. The minimum absolute atomic E-state index is 0. The molecule has 0 radical (unpaired) electrons. The van der Waals surface area contributed by atoms with Crippen molar-refractivity contribution in [2.75, 3.05) is 6.54 Å². The molecule has 0 saturated heterocycles.